The number of cyclic esters (lactones) is 1. The van der Waals surface area contributed by atoms with Gasteiger partial charge in [-0.25, -0.2) is 9.79 Å². The van der Waals surface area contributed by atoms with Gasteiger partial charge in [0.05, 0.1) is 20.3 Å². The number of hydrogen-bond acceptors (Lipinski definition) is 8. The van der Waals surface area contributed by atoms with Gasteiger partial charge in [-0.1, -0.05) is 6.07 Å². The number of methoxy groups -OCH3 is 1. The number of nitrogens with zero attached hydrogens (tertiary/aromatic N) is 2. The van der Waals surface area contributed by atoms with Gasteiger partial charge in [0, 0.05) is 31.3 Å². The van der Waals surface area contributed by atoms with Crippen molar-refractivity contribution in [3.8, 4) is 11.5 Å². The first-order valence-corrected chi connectivity index (χ1v) is 11.0. The Morgan fingerprint density at radius 1 is 1.11 bits per heavy atom. The molecular weight excluding hydrogens is 454 g/mol. The lowest BCUT2D eigenvalue weighted by atomic mass is 10.1. The van der Waals surface area contributed by atoms with Crippen LogP contribution in [0, 0.1) is 0 Å². The van der Waals surface area contributed by atoms with Crippen LogP contribution in [0.5, 0.6) is 11.5 Å². The molecule has 0 atom stereocenters. The summed E-state index contributed by atoms with van der Waals surface area (Å²) >= 11 is 0. The molecule has 0 unspecified atom stereocenters. The van der Waals surface area contributed by atoms with Gasteiger partial charge in [-0.3, -0.25) is 9.59 Å². The molecule has 1 saturated heterocycles. The summed E-state index contributed by atoms with van der Waals surface area (Å²) in [6.45, 7) is 3.44. The fourth-order valence-corrected chi connectivity index (χ4v) is 3.53. The highest BCUT2D eigenvalue weighted by Crippen LogP contribution is 2.30. The molecule has 2 aromatic rings. The van der Waals surface area contributed by atoms with Crippen LogP contribution in [0.15, 0.2) is 53.2 Å². The molecule has 182 valence electrons. The second-order valence-electron chi connectivity index (χ2n) is 7.79. The summed E-state index contributed by atoms with van der Waals surface area (Å²) in [6, 6.07) is 11.9. The summed E-state index contributed by atoms with van der Waals surface area (Å²) in [5.74, 6) is 0.114. The summed E-state index contributed by atoms with van der Waals surface area (Å²) in [6.07, 6.45) is 1.58. The number of rotatable bonds is 7. The van der Waals surface area contributed by atoms with E-state index in [-0.39, 0.29) is 30.0 Å². The molecule has 2 aliphatic heterocycles. The van der Waals surface area contributed by atoms with Crippen LogP contribution in [0.3, 0.4) is 0 Å². The first-order valence-electron chi connectivity index (χ1n) is 11.0. The predicted molar refractivity (Wildman–Crippen MR) is 127 cm³/mol. The number of aliphatic imine (C=N–C) groups is 1. The van der Waals surface area contributed by atoms with E-state index in [2.05, 4.69) is 10.3 Å². The van der Waals surface area contributed by atoms with E-state index >= 15 is 0 Å². The molecule has 0 radical (unpaired) electrons. The zero-order valence-electron chi connectivity index (χ0n) is 19.4. The van der Waals surface area contributed by atoms with Crippen LogP contribution in [0.2, 0.25) is 0 Å². The fourth-order valence-electron chi connectivity index (χ4n) is 3.53. The molecule has 0 spiro atoms. The Labute approximate surface area is 202 Å². The lowest BCUT2D eigenvalue weighted by molar-refractivity contribution is -0.137. The van der Waals surface area contributed by atoms with E-state index in [0.29, 0.717) is 54.6 Å². The monoisotopic (exact) mass is 479 g/mol. The molecule has 0 aliphatic carbocycles. The molecule has 10 heteroatoms. The van der Waals surface area contributed by atoms with E-state index in [1.807, 2.05) is 0 Å². The van der Waals surface area contributed by atoms with Crippen LogP contribution in [-0.4, -0.2) is 68.6 Å². The molecule has 2 aromatic carbocycles. The number of ether oxygens (including phenoxy) is 4. The van der Waals surface area contributed by atoms with Gasteiger partial charge < -0.3 is 29.2 Å². The third-order valence-electron chi connectivity index (χ3n) is 5.28. The molecule has 0 aromatic heterocycles. The summed E-state index contributed by atoms with van der Waals surface area (Å²) in [5, 5.41) is 2.67. The van der Waals surface area contributed by atoms with Crippen molar-refractivity contribution in [1.82, 2.24) is 4.90 Å². The Balaban J connectivity index is 1.45. The first kappa shape index (κ1) is 24.0. The van der Waals surface area contributed by atoms with Gasteiger partial charge in [0.25, 0.3) is 5.91 Å². The maximum atomic E-state index is 12.4. The maximum Gasteiger partial charge on any atom is 0.363 e. The minimum Gasteiger partial charge on any atom is -0.493 e. The SMILES string of the molecule is COc1cc(/C=C2\N=C(c3ccc(NC(C)=O)cc3)OC2=O)ccc1OCC(=O)N1CCOCC1. The van der Waals surface area contributed by atoms with Crippen molar-refractivity contribution in [3.05, 3.63) is 59.3 Å². The summed E-state index contributed by atoms with van der Waals surface area (Å²) < 4.78 is 21.6. The van der Waals surface area contributed by atoms with Gasteiger partial charge in [-0.05, 0) is 48.0 Å². The number of carbonyl (C=O) groups is 3. The molecule has 1 fully saturated rings. The average molecular weight is 479 g/mol. The van der Waals surface area contributed by atoms with Crippen molar-refractivity contribution < 1.29 is 33.3 Å². The molecule has 1 N–H and O–H groups in total. The van der Waals surface area contributed by atoms with Crippen molar-refractivity contribution in [2.24, 2.45) is 4.99 Å². The van der Waals surface area contributed by atoms with Gasteiger partial charge in [0.15, 0.2) is 23.8 Å². The van der Waals surface area contributed by atoms with E-state index in [1.165, 1.54) is 14.0 Å². The Morgan fingerprint density at radius 3 is 2.54 bits per heavy atom. The average Bonchev–Trinajstić information content (AvgIpc) is 3.23. The molecule has 2 aliphatic rings. The van der Waals surface area contributed by atoms with Crippen LogP contribution in [0.1, 0.15) is 18.1 Å². The molecular formula is C25H25N3O7. The Bertz CT molecular complexity index is 1180. The number of esters is 1. The number of nitrogens with one attached hydrogen (secondary N) is 1. The molecule has 4 rings (SSSR count). The molecule has 35 heavy (non-hydrogen) atoms. The van der Waals surface area contributed by atoms with E-state index < -0.39 is 5.97 Å². The molecule has 0 bridgehead atoms. The smallest absolute Gasteiger partial charge is 0.363 e. The number of hydrogen-bond donors (Lipinski definition) is 1. The van der Waals surface area contributed by atoms with Crippen LogP contribution in [0.4, 0.5) is 5.69 Å². The lowest BCUT2D eigenvalue weighted by Crippen LogP contribution is -2.43. The third-order valence-corrected chi connectivity index (χ3v) is 5.28. The van der Waals surface area contributed by atoms with Crippen LogP contribution in [-0.2, 0) is 23.9 Å². The zero-order valence-corrected chi connectivity index (χ0v) is 19.4. The lowest BCUT2D eigenvalue weighted by Gasteiger charge is -2.26. The minimum atomic E-state index is -0.582. The standard InChI is InChI=1S/C25H25N3O7/c1-16(29)26-19-6-4-18(5-7-19)24-27-20(25(31)35-24)13-17-3-8-21(22(14-17)32-2)34-15-23(30)28-9-11-33-12-10-28/h3-8,13-14H,9-12,15H2,1-2H3,(H,26,29)/b20-13-. The second-order valence-corrected chi connectivity index (χ2v) is 7.79. The number of anilines is 1. The largest absolute Gasteiger partial charge is 0.493 e. The number of benzene rings is 2. The quantitative estimate of drug-likeness (QED) is 0.478. The van der Waals surface area contributed by atoms with E-state index in [1.54, 1.807) is 53.4 Å². The molecule has 2 heterocycles. The molecule has 0 saturated carbocycles. The highest BCUT2D eigenvalue weighted by Gasteiger charge is 2.24. The van der Waals surface area contributed by atoms with Crippen molar-refractivity contribution in [2.75, 3.05) is 45.3 Å². The van der Waals surface area contributed by atoms with E-state index in [4.69, 9.17) is 18.9 Å². The van der Waals surface area contributed by atoms with Crippen molar-refractivity contribution in [2.45, 2.75) is 6.92 Å². The van der Waals surface area contributed by atoms with E-state index in [9.17, 15) is 14.4 Å². The van der Waals surface area contributed by atoms with Crippen molar-refractivity contribution in [3.63, 3.8) is 0 Å². The van der Waals surface area contributed by atoms with Crippen molar-refractivity contribution in [1.29, 1.82) is 0 Å². The highest BCUT2D eigenvalue weighted by atomic mass is 16.6. The minimum absolute atomic E-state index is 0.114. The number of morpholine rings is 1. The van der Waals surface area contributed by atoms with Crippen LogP contribution in [0.25, 0.3) is 6.08 Å². The summed E-state index contributed by atoms with van der Waals surface area (Å²) in [7, 11) is 1.49. The van der Waals surface area contributed by atoms with E-state index in [0.717, 1.165) is 0 Å². The highest BCUT2D eigenvalue weighted by molar-refractivity contribution is 6.13. The maximum absolute atomic E-state index is 12.4. The Hall–Kier alpha value is -4.18. The van der Waals surface area contributed by atoms with Crippen LogP contribution >= 0.6 is 0 Å². The second kappa shape index (κ2) is 10.8. The summed E-state index contributed by atoms with van der Waals surface area (Å²) in [5.41, 5.74) is 2.00. The van der Waals surface area contributed by atoms with Gasteiger partial charge in [-0.2, -0.15) is 0 Å². The Morgan fingerprint density at radius 2 is 1.86 bits per heavy atom. The number of amides is 2. The van der Waals surface area contributed by atoms with Gasteiger partial charge in [-0.15, -0.1) is 0 Å². The normalized spacial score (nSPS) is 16.5. The molecule has 10 nitrogen and oxygen atoms in total. The van der Waals surface area contributed by atoms with Gasteiger partial charge in [0.1, 0.15) is 0 Å². The Kier molecular flexibility index (Phi) is 7.41. The predicted octanol–water partition coefficient (Wildman–Crippen LogP) is 2.24. The number of carbonyl (C=O) groups excluding carboxylic acids is 3. The summed E-state index contributed by atoms with van der Waals surface area (Å²) in [4.78, 5) is 41.8. The van der Waals surface area contributed by atoms with Gasteiger partial charge >= 0.3 is 5.97 Å². The van der Waals surface area contributed by atoms with Crippen molar-refractivity contribution >= 4 is 35.4 Å². The topological polar surface area (TPSA) is 116 Å². The fraction of sp³-hybridized carbons (Fsp3) is 0.280. The van der Waals surface area contributed by atoms with Crippen LogP contribution < -0.4 is 14.8 Å². The third kappa shape index (κ3) is 6.04. The molecule has 2 amide bonds. The van der Waals surface area contributed by atoms with Gasteiger partial charge in [0.2, 0.25) is 11.8 Å². The zero-order chi connectivity index (χ0) is 24.8. The first-order chi connectivity index (χ1) is 16.9.